The number of fused-ring (bicyclic) bond motifs is 1. The molecule has 0 fully saturated rings. The van der Waals surface area contributed by atoms with Crippen LogP contribution in [-0.2, 0) is 6.54 Å². The van der Waals surface area contributed by atoms with Gasteiger partial charge in [0.25, 0.3) is 0 Å². The molecule has 0 unspecified atom stereocenters. The first kappa shape index (κ1) is 17.0. The second kappa shape index (κ2) is 6.68. The minimum absolute atomic E-state index is 0.116. The van der Waals surface area contributed by atoms with Gasteiger partial charge in [0, 0.05) is 17.2 Å². The lowest BCUT2D eigenvalue weighted by atomic mass is 10.2. The molecule has 2 aromatic heterocycles. The number of halogens is 1. The minimum Gasteiger partial charge on any atom is -0.508 e. The summed E-state index contributed by atoms with van der Waals surface area (Å²) < 4.78 is 21.4. The summed E-state index contributed by atoms with van der Waals surface area (Å²) in [6, 6.07) is 14.0. The normalized spacial score (nSPS) is 11.1. The van der Waals surface area contributed by atoms with Crippen molar-refractivity contribution in [1.82, 2.24) is 19.5 Å². The van der Waals surface area contributed by atoms with E-state index in [4.69, 9.17) is 9.72 Å². The van der Waals surface area contributed by atoms with Gasteiger partial charge in [0.1, 0.15) is 22.9 Å². The fraction of sp³-hybridized carbons (Fsp3) is 0.150. The number of imidazole rings is 1. The summed E-state index contributed by atoms with van der Waals surface area (Å²) in [5, 5.41) is 9.48. The highest BCUT2D eigenvalue weighted by Crippen LogP contribution is 2.28. The topological polar surface area (TPSA) is 73.1 Å². The van der Waals surface area contributed by atoms with Gasteiger partial charge in [0.2, 0.25) is 0 Å². The van der Waals surface area contributed by atoms with Crippen LogP contribution in [0.25, 0.3) is 22.6 Å². The van der Waals surface area contributed by atoms with Crippen molar-refractivity contribution in [3.05, 3.63) is 65.6 Å². The zero-order chi connectivity index (χ0) is 19.0. The Morgan fingerprint density at radius 3 is 2.56 bits per heavy atom. The molecule has 6 nitrogen and oxygen atoms in total. The molecule has 0 amide bonds. The standard InChI is InChI=1S/C20H17FN4O2/c1-12-17-19(24-20(22-12)27-2)25(11-14-8-9-15(26)10-16(14)21)18(23-17)13-6-4-3-5-7-13/h3-10,26H,11H2,1-2H3. The number of aromatic nitrogens is 4. The van der Waals surface area contributed by atoms with Crippen LogP contribution in [0.15, 0.2) is 48.5 Å². The van der Waals surface area contributed by atoms with Gasteiger partial charge in [-0.2, -0.15) is 9.97 Å². The molecule has 0 spiro atoms. The van der Waals surface area contributed by atoms with Gasteiger partial charge >= 0.3 is 6.01 Å². The van der Waals surface area contributed by atoms with Crippen molar-refractivity contribution in [3.63, 3.8) is 0 Å². The van der Waals surface area contributed by atoms with E-state index in [1.54, 1.807) is 6.07 Å². The Labute approximate surface area is 154 Å². The quantitative estimate of drug-likeness (QED) is 0.598. The molecule has 1 N–H and O–H groups in total. The first-order valence-electron chi connectivity index (χ1n) is 8.38. The van der Waals surface area contributed by atoms with Crippen molar-refractivity contribution in [2.45, 2.75) is 13.5 Å². The van der Waals surface area contributed by atoms with E-state index in [2.05, 4.69) is 9.97 Å². The average Bonchev–Trinajstić information content (AvgIpc) is 3.03. The first-order valence-corrected chi connectivity index (χ1v) is 8.38. The lowest BCUT2D eigenvalue weighted by Crippen LogP contribution is -2.06. The molecular weight excluding hydrogens is 347 g/mol. The summed E-state index contributed by atoms with van der Waals surface area (Å²) in [6.45, 7) is 2.03. The van der Waals surface area contributed by atoms with Crippen LogP contribution in [0.3, 0.4) is 0 Å². The number of ether oxygens (including phenoxy) is 1. The Kier molecular flexibility index (Phi) is 4.19. The van der Waals surface area contributed by atoms with Crippen LogP contribution in [0.1, 0.15) is 11.3 Å². The third kappa shape index (κ3) is 3.08. The second-order valence-corrected chi connectivity index (χ2v) is 6.13. The van der Waals surface area contributed by atoms with E-state index in [-0.39, 0.29) is 18.3 Å². The van der Waals surface area contributed by atoms with Gasteiger partial charge in [-0.1, -0.05) is 36.4 Å². The molecule has 0 bridgehead atoms. The van der Waals surface area contributed by atoms with Gasteiger partial charge in [-0.3, -0.25) is 0 Å². The Bertz CT molecular complexity index is 1130. The van der Waals surface area contributed by atoms with Gasteiger partial charge in [-0.05, 0) is 13.0 Å². The molecule has 0 saturated carbocycles. The van der Waals surface area contributed by atoms with E-state index in [1.807, 2.05) is 41.8 Å². The largest absolute Gasteiger partial charge is 0.508 e. The Morgan fingerprint density at radius 2 is 1.85 bits per heavy atom. The van der Waals surface area contributed by atoms with Crippen LogP contribution in [-0.4, -0.2) is 31.7 Å². The molecular formula is C20H17FN4O2. The molecule has 7 heteroatoms. The third-order valence-electron chi connectivity index (χ3n) is 4.33. The fourth-order valence-corrected chi connectivity index (χ4v) is 3.00. The molecule has 27 heavy (non-hydrogen) atoms. The Hall–Kier alpha value is -3.48. The zero-order valence-corrected chi connectivity index (χ0v) is 14.8. The summed E-state index contributed by atoms with van der Waals surface area (Å²) in [7, 11) is 1.50. The number of rotatable bonds is 4. The summed E-state index contributed by atoms with van der Waals surface area (Å²) in [5.74, 6) is 0.0483. The van der Waals surface area contributed by atoms with Crippen molar-refractivity contribution in [3.8, 4) is 23.1 Å². The van der Waals surface area contributed by atoms with Crippen LogP contribution in [0.5, 0.6) is 11.8 Å². The molecule has 0 aliphatic carbocycles. The van der Waals surface area contributed by atoms with Gasteiger partial charge in [0.05, 0.1) is 19.3 Å². The minimum atomic E-state index is -0.492. The molecule has 136 valence electrons. The first-order chi connectivity index (χ1) is 13.1. The average molecular weight is 364 g/mol. The molecule has 4 aromatic rings. The molecule has 2 heterocycles. The highest BCUT2D eigenvalue weighted by molar-refractivity contribution is 5.79. The van der Waals surface area contributed by atoms with Gasteiger partial charge < -0.3 is 14.4 Å². The van der Waals surface area contributed by atoms with Crippen molar-refractivity contribution < 1.29 is 14.2 Å². The number of phenols is 1. The van der Waals surface area contributed by atoms with E-state index in [9.17, 15) is 9.50 Å². The highest BCUT2D eigenvalue weighted by atomic mass is 19.1. The van der Waals surface area contributed by atoms with Crippen molar-refractivity contribution in [1.29, 1.82) is 0 Å². The summed E-state index contributed by atoms with van der Waals surface area (Å²) in [5.41, 5.74) is 3.17. The number of nitrogens with zero attached hydrogens (tertiary/aromatic N) is 4. The lowest BCUT2D eigenvalue weighted by molar-refractivity contribution is 0.380. The maximum absolute atomic E-state index is 14.4. The van der Waals surface area contributed by atoms with Gasteiger partial charge in [0.15, 0.2) is 5.65 Å². The molecule has 0 atom stereocenters. The summed E-state index contributed by atoms with van der Waals surface area (Å²) >= 11 is 0. The number of hydrogen-bond acceptors (Lipinski definition) is 5. The molecule has 0 aliphatic heterocycles. The molecule has 2 aromatic carbocycles. The molecule has 4 rings (SSSR count). The number of aromatic hydroxyl groups is 1. The smallest absolute Gasteiger partial charge is 0.318 e. The number of phenolic OH excluding ortho intramolecular Hbond substituents is 1. The summed E-state index contributed by atoms with van der Waals surface area (Å²) in [6.07, 6.45) is 0. The Morgan fingerprint density at radius 1 is 1.07 bits per heavy atom. The number of benzene rings is 2. The predicted octanol–water partition coefficient (Wildman–Crippen LogP) is 3.70. The maximum atomic E-state index is 14.4. The van der Waals surface area contributed by atoms with Crippen LogP contribution in [0, 0.1) is 12.7 Å². The predicted molar refractivity (Wildman–Crippen MR) is 99.2 cm³/mol. The maximum Gasteiger partial charge on any atom is 0.318 e. The van der Waals surface area contributed by atoms with E-state index in [0.29, 0.717) is 28.2 Å². The van der Waals surface area contributed by atoms with E-state index < -0.39 is 5.82 Å². The van der Waals surface area contributed by atoms with E-state index in [1.165, 1.54) is 13.2 Å². The number of methoxy groups -OCH3 is 1. The van der Waals surface area contributed by atoms with E-state index >= 15 is 0 Å². The summed E-state index contributed by atoms with van der Waals surface area (Å²) in [4.78, 5) is 13.4. The van der Waals surface area contributed by atoms with Crippen LogP contribution < -0.4 is 4.74 Å². The lowest BCUT2D eigenvalue weighted by Gasteiger charge is -2.10. The monoisotopic (exact) mass is 364 g/mol. The molecule has 0 radical (unpaired) electrons. The number of aryl methyl sites for hydroxylation is 1. The SMILES string of the molecule is COc1nc(C)c2nc(-c3ccccc3)n(Cc3ccc(O)cc3F)c2n1. The van der Waals surface area contributed by atoms with Crippen LogP contribution in [0.4, 0.5) is 4.39 Å². The second-order valence-electron chi connectivity index (χ2n) is 6.13. The van der Waals surface area contributed by atoms with E-state index in [0.717, 1.165) is 11.6 Å². The number of hydrogen-bond donors (Lipinski definition) is 1. The zero-order valence-electron chi connectivity index (χ0n) is 14.8. The van der Waals surface area contributed by atoms with Crippen molar-refractivity contribution in [2.75, 3.05) is 7.11 Å². The Balaban J connectivity index is 1.96. The molecule has 0 saturated heterocycles. The molecule has 0 aliphatic rings. The third-order valence-corrected chi connectivity index (χ3v) is 4.33. The van der Waals surface area contributed by atoms with Crippen LogP contribution in [0.2, 0.25) is 0 Å². The van der Waals surface area contributed by atoms with Gasteiger partial charge in [-0.25, -0.2) is 9.37 Å². The van der Waals surface area contributed by atoms with Crippen LogP contribution >= 0.6 is 0 Å². The van der Waals surface area contributed by atoms with Gasteiger partial charge in [-0.15, -0.1) is 0 Å². The van der Waals surface area contributed by atoms with Crippen molar-refractivity contribution >= 4 is 11.2 Å². The highest BCUT2D eigenvalue weighted by Gasteiger charge is 2.19. The van der Waals surface area contributed by atoms with Crippen molar-refractivity contribution in [2.24, 2.45) is 0 Å². The fourth-order valence-electron chi connectivity index (χ4n) is 3.00.